The first-order valence-electron chi connectivity index (χ1n) is 5.27. The first kappa shape index (κ1) is 12.6. The monoisotopic (exact) mass is 225 g/mol. The molecule has 3 heteroatoms. The molecule has 1 aromatic carbocycles. The van der Waals surface area contributed by atoms with Crippen molar-refractivity contribution in [2.24, 2.45) is 0 Å². The van der Waals surface area contributed by atoms with E-state index >= 15 is 0 Å². The smallest absolute Gasteiger partial charge is 0.0441 e. The van der Waals surface area contributed by atoms with Gasteiger partial charge in [0.1, 0.15) is 0 Å². The molecular formula is C12H19NOS. The molecule has 1 rings (SSSR count). The average Bonchev–Trinajstić information content (AvgIpc) is 2.22. The maximum absolute atomic E-state index is 8.81. The predicted octanol–water partition coefficient (Wildman–Crippen LogP) is 2.27. The number of thioether (sulfide) groups is 1. The molecule has 0 bridgehead atoms. The largest absolute Gasteiger partial charge is 0.396 e. The van der Waals surface area contributed by atoms with Gasteiger partial charge in [-0.25, -0.2) is 0 Å². The Morgan fingerprint density at radius 3 is 2.53 bits per heavy atom. The van der Waals surface area contributed by atoms with Gasteiger partial charge in [0, 0.05) is 23.3 Å². The van der Waals surface area contributed by atoms with Crippen LogP contribution in [0.25, 0.3) is 0 Å². The lowest BCUT2D eigenvalue weighted by Crippen LogP contribution is -2.04. The minimum atomic E-state index is 0.270. The maximum Gasteiger partial charge on any atom is 0.0441 e. The van der Waals surface area contributed by atoms with Gasteiger partial charge in [-0.1, -0.05) is 19.1 Å². The molecule has 0 aliphatic carbocycles. The Labute approximate surface area is 96.1 Å². The van der Waals surface area contributed by atoms with E-state index in [0.717, 1.165) is 13.0 Å². The number of hydrogen-bond donors (Lipinski definition) is 2. The van der Waals surface area contributed by atoms with Gasteiger partial charge in [0.25, 0.3) is 0 Å². The minimum Gasteiger partial charge on any atom is -0.396 e. The van der Waals surface area contributed by atoms with Crippen molar-refractivity contribution in [2.75, 3.05) is 13.7 Å². The molecule has 0 amide bonds. The lowest BCUT2D eigenvalue weighted by molar-refractivity contribution is 0.289. The Morgan fingerprint density at radius 1 is 1.33 bits per heavy atom. The molecule has 1 aromatic rings. The molecule has 84 valence electrons. The molecule has 0 saturated heterocycles. The van der Waals surface area contributed by atoms with Crippen LogP contribution in [-0.4, -0.2) is 24.0 Å². The van der Waals surface area contributed by atoms with Crippen LogP contribution in [0.1, 0.15) is 18.9 Å². The van der Waals surface area contributed by atoms with Crippen LogP contribution in [0.4, 0.5) is 0 Å². The fourth-order valence-electron chi connectivity index (χ4n) is 1.36. The second kappa shape index (κ2) is 6.88. The summed E-state index contributed by atoms with van der Waals surface area (Å²) >= 11 is 1.81. The Morgan fingerprint density at radius 2 is 2.00 bits per heavy atom. The zero-order valence-electron chi connectivity index (χ0n) is 9.36. The van der Waals surface area contributed by atoms with Crippen LogP contribution < -0.4 is 5.32 Å². The highest BCUT2D eigenvalue weighted by molar-refractivity contribution is 7.99. The molecule has 0 aromatic heterocycles. The summed E-state index contributed by atoms with van der Waals surface area (Å²) < 4.78 is 0. The van der Waals surface area contributed by atoms with Crippen LogP contribution in [0.3, 0.4) is 0 Å². The third-order valence-corrected chi connectivity index (χ3v) is 3.36. The number of aliphatic hydroxyl groups is 1. The second-order valence-electron chi connectivity index (χ2n) is 3.62. The summed E-state index contributed by atoms with van der Waals surface area (Å²) in [6.45, 7) is 3.32. The number of rotatable bonds is 6. The van der Waals surface area contributed by atoms with Crippen molar-refractivity contribution >= 4 is 11.8 Å². The highest BCUT2D eigenvalue weighted by atomic mass is 32.2. The van der Waals surface area contributed by atoms with Crippen molar-refractivity contribution in [3.8, 4) is 0 Å². The minimum absolute atomic E-state index is 0.270. The van der Waals surface area contributed by atoms with Gasteiger partial charge in [0.05, 0.1) is 0 Å². The molecule has 1 atom stereocenters. The first-order chi connectivity index (χ1) is 7.26. The first-order valence-corrected chi connectivity index (χ1v) is 6.15. The third kappa shape index (κ3) is 4.69. The van der Waals surface area contributed by atoms with Crippen molar-refractivity contribution in [2.45, 2.75) is 30.0 Å². The van der Waals surface area contributed by atoms with Gasteiger partial charge in [-0.2, -0.15) is 0 Å². The van der Waals surface area contributed by atoms with E-state index in [1.54, 1.807) is 0 Å². The van der Waals surface area contributed by atoms with Crippen LogP contribution in [0, 0.1) is 0 Å². The summed E-state index contributed by atoms with van der Waals surface area (Å²) in [4.78, 5) is 1.27. The van der Waals surface area contributed by atoms with Crippen LogP contribution in [-0.2, 0) is 6.54 Å². The van der Waals surface area contributed by atoms with Gasteiger partial charge in [-0.15, -0.1) is 11.8 Å². The van der Waals surface area contributed by atoms with Crippen molar-refractivity contribution in [1.82, 2.24) is 5.32 Å². The molecule has 0 aliphatic rings. The summed E-state index contributed by atoms with van der Waals surface area (Å²) in [6.07, 6.45) is 0.850. The van der Waals surface area contributed by atoms with E-state index in [1.165, 1.54) is 10.5 Å². The van der Waals surface area contributed by atoms with Gasteiger partial charge in [-0.3, -0.25) is 0 Å². The van der Waals surface area contributed by atoms with Crippen molar-refractivity contribution < 1.29 is 5.11 Å². The summed E-state index contributed by atoms with van der Waals surface area (Å²) in [5.41, 5.74) is 1.30. The molecule has 0 radical (unpaired) electrons. The predicted molar refractivity (Wildman–Crippen MR) is 66.2 cm³/mol. The summed E-state index contributed by atoms with van der Waals surface area (Å²) in [6, 6.07) is 8.57. The normalized spacial score (nSPS) is 12.7. The van der Waals surface area contributed by atoms with E-state index in [4.69, 9.17) is 5.11 Å². The SMILES string of the molecule is CNCc1ccc(SC(C)CCO)cc1. The fraction of sp³-hybridized carbons (Fsp3) is 0.500. The van der Waals surface area contributed by atoms with Gasteiger partial charge in [0.2, 0.25) is 0 Å². The Kier molecular flexibility index (Phi) is 5.76. The van der Waals surface area contributed by atoms with E-state index in [0.29, 0.717) is 5.25 Å². The molecule has 15 heavy (non-hydrogen) atoms. The third-order valence-electron chi connectivity index (χ3n) is 2.18. The number of benzene rings is 1. The van der Waals surface area contributed by atoms with Gasteiger partial charge in [0.15, 0.2) is 0 Å². The van der Waals surface area contributed by atoms with Crippen molar-refractivity contribution in [3.63, 3.8) is 0 Å². The van der Waals surface area contributed by atoms with Crippen molar-refractivity contribution in [1.29, 1.82) is 0 Å². The molecule has 0 aliphatic heterocycles. The van der Waals surface area contributed by atoms with Crippen molar-refractivity contribution in [3.05, 3.63) is 29.8 Å². The van der Waals surface area contributed by atoms with E-state index < -0.39 is 0 Å². The molecule has 0 heterocycles. The van der Waals surface area contributed by atoms with E-state index in [9.17, 15) is 0 Å². The quantitative estimate of drug-likeness (QED) is 0.728. The standard InChI is InChI=1S/C12H19NOS/c1-10(7-8-14)15-12-5-3-11(4-6-12)9-13-2/h3-6,10,13-14H,7-9H2,1-2H3. The second-order valence-corrected chi connectivity index (χ2v) is 5.13. The van der Waals surface area contributed by atoms with Crippen LogP contribution in [0.2, 0.25) is 0 Å². The van der Waals surface area contributed by atoms with Crippen LogP contribution >= 0.6 is 11.8 Å². The van der Waals surface area contributed by atoms with Gasteiger partial charge in [-0.05, 0) is 31.2 Å². The summed E-state index contributed by atoms with van der Waals surface area (Å²) in [7, 11) is 1.95. The maximum atomic E-state index is 8.81. The molecule has 2 nitrogen and oxygen atoms in total. The Hall–Kier alpha value is -0.510. The lowest BCUT2D eigenvalue weighted by atomic mass is 10.2. The van der Waals surface area contributed by atoms with Gasteiger partial charge < -0.3 is 10.4 Å². The average molecular weight is 225 g/mol. The zero-order chi connectivity index (χ0) is 11.1. The number of aliphatic hydroxyl groups excluding tert-OH is 1. The molecule has 0 saturated carbocycles. The molecule has 2 N–H and O–H groups in total. The Balaban J connectivity index is 2.48. The lowest BCUT2D eigenvalue weighted by Gasteiger charge is -2.09. The summed E-state index contributed by atoms with van der Waals surface area (Å²) in [5, 5.41) is 12.4. The van der Waals surface area contributed by atoms with Crippen LogP contribution in [0.15, 0.2) is 29.2 Å². The Bertz CT molecular complexity index is 273. The van der Waals surface area contributed by atoms with Crippen LogP contribution in [0.5, 0.6) is 0 Å². The van der Waals surface area contributed by atoms with Gasteiger partial charge >= 0.3 is 0 Å². The topological polar surface area (TPSA) is 32.3 Å². The van der Waals surface area contributed by atoms with E-state index in [2.05, 4.69) is 36.5 Å². The highest BCUT2D eigenvalue weighted by Crippen LogP contribution is 2.25. The number of hydrogen-bond acceptors (Lipinski definition) is 3. The molecule has 1 unspecified atom stereocenters. The fourth-order valence-corrected chi connectivity index (χ4v) is 2.34. The molecule has 0 fully saturated rings. The zero-order valence-corrected chi connectivity index (χ0v) is 10.2. The van der Waals surface area contributed by atoms with E-state index in [-0.39, 0.29) is 6.61 Å². The molecular weight excluding hydrogens is 206 g/mol. The number of nitrogens with one attached hydrogen (secondary N) is 1. The highest BCUT2D eigenvalue weighted by Gasteiger charge is 2.03. The summed E-state index contributed by atoms with van der Waals surface area (Å²) in [5.74, 6) is 0. The molecule has 0 spiro atoms. The van der Waals surface area contributed by atoms with E-state index in [1.807, 2.05) is 18.8 Å².